The van der Waals surface area contributed by atoms with Crippen LogP contribution in [0.15, 0.2) is 51.7 Å². The Balaban J connectivity index is 1.77. The van der Waals surface area contributed by atoms with Crippen molar-refractivity contribution in [3.8, 4) is 5.75 Å². The third kappa shape index (κ3) is 4.77. The summed E-state index contributed by atoms with van der Waals surface area (Å²) in [7, 11) is 0. The lowest BCUT2D eigenvalue weighted by Crippen LogP contribution is -2.47. The fraction of sp³-hybridized carbons (Fsp3) is 0.292. The highest BCUT2D eigenvalue weighted by Crippen LogP contribution is 2.29. The van der Waals surface area contributed by atoms with E-state index in [4.69, 9.17) is 9.15 Å². The summed E-state index contributed by atoms with van der Waals surface area (Å²) in [6.07, 6.45) is -0.792. The van der Waals surface area contributed by atoms with Gasteiger partial charge in [-0.2, -0.15) is 0 Å². The van der Waals surface area contributed by atoms with E-state index in [1.807, 2.05) is 25.1 Å². The molecule has 7 nitrogen and oxygen atoms in total. The van der Waals surface area contributed by atoms with Crippen molar-refractivity contribution in [3.63, 3.8) is 0 Å². The Morgan fingerprint density at radius 3 is 2.35 bits per heavy atom. The number of aryl methyl sites for hydroxylation is 2. The topological polar surface area (TPSA) is 106 Å². The second-order valence-electron chi connectivity index (χ2n) is 7.55. The van der Waals surface area contributed by atoms with Gasteiger partial charge in [0.25, 0.3) is 5.91 Å². The van der Waals surface area contributed by atoms with Gasteiger partial charge in [0.2, 0.25) is 0 Å². The van der Waals surface area contributed by atoms with Gasteiger partial charge in [-0.05, 0) is 51.0 Å². The Hall–Kier alpha value is -3.61. The molecule has 31 heavy (non-hydrogen) atoms. The highest BCUT2D eigenvalue weighted by atomic mass is 16.5. The summed E-state index contributed by atoms with van der Waals surface area (Å²) in [5.41, 5.74) is 2.77. The number of carboxylic acids is 1. The van der Waals surface area contributed by atoms with Gasteiger partial charge in [0.1, 0.15) is 17.4 Å². The Kier molecular flexibility index (Phi) is 6.44. The van der Waals surface area contributed by atoms with Crippen molar-refractivity contribution in [1.82, 2.24) is 5.32 Å². The molecule has 2 unspecified atom stereocenters. The van der Waals surface area contributed by atoms with Crippen molar-refractivity contribution in [3.05, 3.63) is 75.1 Å². The average Bonchev–Trinajstić information content (AvgIpc) is 2.74. The van der Waals surface area contributed by atoms with Crippen LogP contribution in [0, 0.1) is 20.8 Å². The van der Waals surface area contributed by atoms with Crippen molar-refractivity contribution >= 4 is 22.8 Å². The molecule has 0 aliphatic carbocycles. The van der Waals surface area contributed by atoms with Crippen LogP contribution in [-0.2, 0) is 16.0 Å². The summed E-state index contributed by atoms with van der Waals surface area (Å²) in [6.45, 7) is 6.84. The molecule has 3 aromatic rings. The summed E-state index contributed by atoms with van der Waals surface area (Å²) in [6, 6.07) is 11.5. The zero-order chi connectivity index (χ0) is 22.7. The fourth-order valence-electron chi connectivity index (χ4n) is 3.34. The van der Waals surface area contributed by atoms with Crippen molar-refractivity contribution < 1.29 is 23.8 Å². The summed E-state index contributed by atoms with van der Waals surface area (Å²) >= 11 is 0. The Morgan fingerprint density at radius 1 is 1.03 bits per heavy atom. The predicted molar refractivity (Wildman–Crippen MR) is 116 cm³/mol. The fourth-order valence-corrected chi connectivity index (χ4v) is 3.34. The van der Waals surface area contributed by atoms with Gasteiger partial charge in [-0.25, -0.2) is 9.59 Å². The number of nitrogens with one attached hydrogen (secondary N) is 1. The summed E-state index contributed by atoms with van der Waals surface area (Å²) in [5, 5.41) is 12.8. The van der Waals surface area contributed by atoms with Gasteiger partial charge in [-0.15, -0.1) is 0 Å². The van der Waals surface area contributed by atoms with Crippen molar-refractivity contribution in [1.29, 1.82) is 0 Å². The van der Waals surface area contributed by atoms with E-state index >= 15 is 0 Å². The number of carbonyl (C=O) groups excluding carboxylic acids is 1. The lowest BCUT2D eigenvalue weighted by Gasteiger charge is -2.20. The standard InChI is InChI=1S/C24H25NO6/c1-13-14(2)24(29)31-21-15(3)20(11-10-18(13)21)30-16(4)22(26)25-19(23(27)28)12-17-8-6-5-7-9-17/h5-11,16,19H,12H2,1-4H3,(H,25,26)(H,27,28). The number of benzene rings is 2. The number of hydrogen-bond donors (Lipinski definition) is 2. The molecule has 0 radical (unpaired) electrons. The molecular formula is C24H25NO6. The molecule has 1 aromatic heterocycles. The molecule has 0 bridgehead atoms. The van der Waals surface area contributed by atoms with E-state index in [1.165, 1.54) is 6.92 Å². The highest BCUT2D eigenvalue weighted by molar-refractivity contribution is 5.87. The van der Waals surface area contributed by atoms with Crippen LogP contribution in [0.1, 0.15) is 29.2 Å². The van der Waals surface area contributed by atoms with Crippen molar-refractivity contribution in [2.24, 2.45) is 0 Å². The van der Waals surface area contributed by atoms with Crippen LogP contribution in [0.5, 0.6) is 5.75 Å². The molecule has 0 fully saturated rings. The molecule has 0 spiro atoms. The maximum absolute atomic E-state index is 12.6. The maximum Gasteiger partial charge on any atom is 0.339 e. The number of amides is 1. The number of hydrogen-bond acceptors (Lipinski definition) is 5. The van der Waals surface area contributed by atoms with Crippen LogP contribution in [0.25, 0.3) is 11.0 Å². The molecule has 2 aromatic carbocycles. The maximum atomic E-state index is 12.6. The number of carbonyl (C=O) groups is 2. The molecule has 0 aliphatic heterocycles. The normalized spacial score (nSPS) is 12.9. The van der Waals surface area contributed by atoms with E-state index < -0.39 is 29.6 Å². The van der Waals surface area contributed by atoms with E-state index in [9.17, 15) is 19.5 Å². The number of aliphatic carboxylic acids is 1. The molecule has 1 amide bonds. The Morgan fingerprint density at radius 2 is 1.71 bits per heavy atom. The number of fused-ring (bicyclic) bond motifs is 1. The lowest BCUT2D eigenvalue weighted by molar-refractivity contribution is -0.142. The second kappa shape index (κ2) is 9.04. The highest BCUT2D eigenvalue weighted by Gasteiger charge is 2.25. The van der Waals surface area contributed by atoms with Gasteiger partial charge >= 0.3 is 11.6 Å². The SMILES string of the molecule is Cc1c(C)c2ccc(OC(C)C(=O)NC(Cc3ccccc3)C(=O)O)c(C)c2oc1=O. The van der Waals surface area contributed by atoms with Gasteiger partial charge in [-0.3, -0.25) is 4.79 Å². The zero-order valence-corrected chi connectivity index (χ0v) is 17.9. The zero-order valence-electron chi connectivity index (χ0n) is 17.9. The van der Waals surface area contributed by atoms with E-state index in [-0.39, 0.29) is 6.42 Å². The predicted octanol–water partition coefficient (Wildman–Crippen LogP) is 3.30. The van der Waals surface area contributed by atoms with Gasteiger partial charge in [0.05, 0.1) is 0 Å². The molecule has 162 valence electrons. The number of carboxylic acid groups (broad SMARTS) is 1. The number of ether oxygens (including phenoxy) is 1. The molecule has 0 saturated heterocycles. The average molecular weight is 423 g/mol. The van der Waals surface area contributed by atoms with Crippen molar-refractivity contribution in [2.45, 2.75) is 46.3 Å². The second-order valence-corrected chi connectivity index (χ2v) is 7.55. The van der Waals surface area contributed by atoms with E-state index in [0.29, 0.717) is 22.5 Å². The Labute approximate surface area is 179 Å². The summed E-state index contributed by atoms with van der Waals surface area (Å²) < 4.78 is 11.2. The van der Waals surface area contributed by atoms with Crippen LogP contribution in [0.2, 0.25) is 0 Å². The van der Waals surface area contributed by atoms with Crippen LogP contribution < -0.4 is 15.7 Å². The first-order valence-corrected chi connectivity index (χ1v) is 9.96. The summed E-state index contributed by atoms with van der Waals surface area (Å²) in [4.78, 5) is 36.3. The third-order valence-electron chi connectivity index (χ3n) is 5.39. The van der Waals surface area contributed by atoms with Crippen LogP contribution in [0.3, 0.4) is 0 Å². The molecule has 2 N–H and O–H groups in total. The summed E-state index contributed by atoms with van der Waals surface area (Å²) in [5.74, 6) is -1.29. The third-order valence-corrected chi connectivity index (χ3v) is 5.39. The molecule has 7 heteroatoms. The minimum Gasteiger partial charge on any atom is -0.480 e. The van der Waals surface area contributed by atoms with Gasteiger partial charge in [0, 0.05) is 22.9 Å². The molecule has 0 aliphatic rings. The van der Waals surface area contributed by atoms with Gasteiger partial charge in [-0.1, -0.05) is 30.3 Å². The smallest absolute Gasteiger partial charge is 0.339 e. The largest absolute Gasteiger partial charge is 0.480 e. The van der Waals surface area contributed by atoms with Gasteiger partial charge in [0.15, 0.2) is 6.10 Å². The minimum atomic E-state index is -1.13. The van der Waals surface area contributed by atoms with E-state index in [2.05, 4.69) is 5.32 Å². The minimum absolute atomic E-state index is 0.160. The molecule has 0 saturated carbocycles. The van der Waals surface area contributed by atoms with Gasteiger partial charge < -0.3 is 19.6 Å². The number of rotatable bonds is 7. The molecule has 2 atom stereocenters. The molecule has 3 rings (SSSR count). The first-order chi connectivity index (χ1) is 14.7. The Bertz CT molecular complexity index is 1180. The lowest BCUT2D eigenvalue weighted by atomic mass is 10.0. The first-order valence-electron chi connectivity index (χ1n) is 9.96. The quantitative estimate of drug-likeness (QED) is 0.565. The van der Waals surface area contributed by atoms with Crippen molar-refractivity contribution in [2.75, 3.05) is 0 Å². The van der Waals surface area contributed by atoms with E-state index in [0.717, 1.165) is 16.5 Å². The van der Waals surface area contributed by atoms with E-state index in [1.54, 1.807) is 38.1 Å². The monoisotopic (exact) mass is 423 g/mol. The van der Waals surface area contributed by atoms with Crippen LogP contribution >= 0.6 is 0 Å². The van der Waals surface area contributed by atoms with Crippen LogP contribution in [-0.4, -0.2) is 29.1 Å². The van der Waals surface area contributed by atoms with Crippen LogP contribution in [0.4, 0.5) is 0 Å². The molecule has 1 heterocycles. The first kappa shape index (κ1) is 22.1. The molecular weight excluding hydrogens is 398 g/mol.